The minimum Gasteiger partial charge on any atom is -0.323 e. The van der Waals surface area contributed by atoms with E-state index in [-0.39, 0.29) is 17.1 Å². The molecule has 0 radical (unpaired) electrons. The van der Waals surface area contributed by atoms with E-state index in [1.165, 1.54) is 12.1 Å². The molecule has 2 aromatic carbocycles. The molecule has 0 spiro atoms. The van der Waals surface area contributed by atoms with Gasteiger partial charge >= 0.3 is 0 Å². The molecule has 0 heterocycles. The van der Waals surface area contributed by atoms with Gasteiger partial charge in [0.05, 0.1) is 27.7 Å². The second kappa shape index (κ2) is 8.24. The lowest BCUT2D eigenvalue weighted by molar-refractivity contribution is -0.117. The van der Waals surface area contributed by atoms with Crippen LogP contribution in [0.15, 0.2) is 42.5 Å². The number of hydrogen-bond donors (Lipinski definition) is 1. The number of anilines is 2. The number of para-hydroxylation sites is 1. The highest BCUT2D eigenvalue weighted by atomic mass is 35.5. The summed E-state index contributed by atoms with van der Waals surface area (Å²) in [6, 6.07) is 9.02. The number of carbonyl (C=O) groups excluding carboxylic acids is 1. The van der Waals surface area contributed by atoms with Gasteiger partial charge in [0.25, 0.3) is 0 Å². The Labute approximate surface area is 161 Å². The summed E-state index contributed by atoms with van der Waals surface area (Å²) in [5.41, 5.74) is 0.461. The van der Waals surface area contributed by atoms with Gasteiger partial charge in [-0.3, -0.25) is 9.10 Å². The lowest BCUT2D eigenvalue weighted by Gasteiger charge is -2.30. The van der Waals surface area contributed by atoms with E-state index in [1.807, 2.05) is 0 Å². The Morgan fingerprint density at radius 2 is 1.85 bits per heavy atom. The van der Waals surface area contributed by atoms with Crippen molar-refractivity contribution in [3.8, 4) is 0 Å². The van der Waals surface area contributed by atoms with Crippen molar-refractivity contribution in [2.24, 2.45) is 0 Å². The molecule has 2 aromatic rings. The Kier molecular flexibility index (Phi) is 6.49. The first-order valence-corrected chi connectivity index (χ1v) is 10.3. The van der Waals surface area contributed by atoms with Gasteiger partial charge in [-0.2, -0.15) is 0 Å². The standard InChI is InChI=1S/C17H17Cl2FN2O3S/c1-3-16(17(23)21-15-7-5-4-6-12(15)18)22(26(2,24)25)11-8-9-14(20)13(19)10-11/h4-10,16H,3H2,1-2H3,(H,21,23). The van der Waals surface area contributed by atoms with E-state index >= 15 is 0 Å². The molecule has 5 nitrogen and oxygen atoms in total. The Hall–Kier alpha value is -1.83. The molecule has 1 amide bonds. The summed E-state index contributed by atoms with van der Waals surface area (Å²) >= 11 is 11.8. The fraction of sp³-hybridized carbons (Fsp3) is 0.235. The van der Waals surface area contributed by atoms with Crippen molar-refractivity contribution < 1.29 is 17.6 Å². The number of benzene rings is 2. The summed E-state index contributed by atoms with van der Waals surface area (Å²) in [4.78, 5) is 12.7. The fourth-order valence-electron chi connectivity index (χ4n) is 2.46. The Balaban J connectivity index is 2.43. The zero-order valence-electron chi connectivity index (χ0n) is 14.0. The second-order valence-corrected chi connectivity index (χ2v) is 8.22. The van der Waals surface area contributed by atoms with Gasteiger partial charge in [0, 0.05) is 0 Å². The summed E-state index contributed by atoms with van der Waals surface area (Å²) < 4.78 is 39.0. The van der Waals surface area contributed by atoms with Crippen LogP contribution in [0.1, 0.15) is 13.3 Å². The van der Waals surface area contributed by atoms with Gasteiger partial charge in [0.1, 0.15) is 11.9 Å². The van der Waals surface area contributed by atoms with Crippen LogP contribution in [0.4, 0.5) is 15.8 Å². The molecule has 1 atom stereocenters. The molecular formula is C17H17Cl2FN2O3S. The molecule has 0 fully saturated rings. The van der Waals surface area contributed by atoms with Crippen molar-refractivity contribution in [2.75, 3.05) is 15.9 Å². The van der Waals surface area contributed by atoms with Crippen molar-refractivity contribution in [1.82, 2.24) is 0 Å². The number of halogens is 3. The van der Waals surface area contributed by atoms with Crippen LogP contribution in [0.5, 0.6) is 0 Å². The van der Waals surface area contributed by atoms with E-state index in [2.05, 4.69) is 5.32 Å². The molecule has 2 rings (SSSR count). The summed E-state index contributed by atoms with van der Waals surface area (Å²) in [7, 11) is -3.85. The summed E-state index contributed by atoms with van der Waals surface area (Å²) in [5, 5.41) is 2.71. The minimum absolute atomic E-state index is 0.0973. The summed E-state index contributed by atoms with van der Waals surface area (Å²) in [6.45, 7) is 1.67. The fourth-order valence-corrected chi connectivity index (χ4v) is 4.02. The molecule has 0 saturated carbocycles. The van der Waals surface area contributed by atoms with Gasteiger partial charge in [-0.05, 0) is 36.8 Å². The van der Waals surface area contributed by atoms with E-state index in [0.717, 1.165) is 16.6 Å². The monoisotopic (exact) mass is 418 g/mol. The average Bonchev–Trinajstić information content (AvgIpc) is 2.56. The SMILES string of the molecule is CCC(C(=O)Nc1ccccc1Cl)N(c1ccc(F)c(Cl)c1)S(C)(=O)=O. The third-order valence-electron chi connectivity index (χ3n) is 3.62. The van der Waals surface area contributed by atoms with Crippen molar-refractivity contribution >= 4 is 50.5 Å². The third kappa shape index (κ3) is 4.66. The summed E-state index contributed by atoms with van der Waals surface area (Å²) in [6.07, 6.45) is 1.15. The average molecular weight is 419 g/mol. The number of rotatable bonds is 6. The van der Waals surface area contributed by atoms with E-state index in [0.29, 0.717) is 10.7 Å². The zero-order chi connectivity index (χ0) is 19.5. The molecule has 0 bridgehead atoms. The predicted molar refractivity (Wildman–Crippen MR) is 103 cm³/mol. The van der Waals surface area contributed by atoms with Gasteiger partial charge < -0.3 is 5.32 Å². The van der Waals surface area contributed by atoms with Gasteiger partial charge in [-0.1, -0.05) is 42.3 Å². The number of sulfonamides is 1. The van der Waals surface area contributed by atoms with Crippen LogP contribution < -0.4 is 9.62 Å². The molecule has 0 aliphatic carbocycles. The Morgan fingerprint density at radius 3 is 2.38 bits per heavy atom. The lowest BCUT2D eigenvalue weighted by Crippen LogP contribution is -2.47. The van der Waals surface area contributed by atoms with Crippen molar-refractivity contribution in [2.45, 2.75) is 19.4 Å². The molecule has 0 aromatic heterocycles. The van der Waals surface area contributed by atoms with Crippen LogP contribution in [-0.4, -0.2) is 26.6 Å². The van der Waals surface area contributed by atoms with Crippen LogP contribution in [0, 0.1) is 5.82 Å². The van der Waals surface area contributed by atoms with Gasteiger partial charge in [-0.25, -0.2) is 12.8 Å². The predicted octanol–water partition coefficient (Wildman–Crippen LogP) is 4.32. The molecule has 26 heavy (non-hydrogen) atoms. The van der Waals surface area contributed by atoms with Gasteiger partial charge in [-0.15, -0.1) is 0 Å². The van der Waals surface area contributed by atoms with Gasteiger partial charge in [0.2, 0.25) is 15.9 Å². The highest BCUT2D eigenvalue weighted by Crippen LogP contribution is 2.28. The smallest absolute Gasteiger partial charge is 0.248 e. The highest BCUT2D eigenvalue weighted by Gasteiger charge is 2.32. The normalized spacial score (nSPS) is 12.5. The topological polar surface area (TPSA) is 66.5 Å². The first-order chi connectivity index (χ1) is 12.1. The van der Waals surface area contributed by atoms with Gasteiger partial charge in [0.15, 0.2) is 0 Å². The summed E-state index contributed by atoms with van der Waals surface area (Å²) in [5.74, 6) is -1.25. The number of amides is 1. The number of nitrogens with one attached hydrogen (secondary N) is 1. The highest BCUT2D eigenvalue weighted by molar-refractivity contribution is 7.92. The maximum atomic E-state index is 13.4. The van der Waals surface area contributed by atoms with E-state index in [4.69, 9.17) is 23.2 Å². The maximum absolute atomic E-state index is 13.4. The van der Waals surface area contributed by atoms with Crippen LogP contribution in [0.3, 0.4) is 0 Å². The minimum atomic E-state index is -3.85. The van der Waals surface area contributed by atoms with Crippen LogP contribution in [-0.2, 0) is 14.8 Å². The largest absolute Gasteiger partial charge is 0.323 e. The molecule has 1 unspecified atom stereocenters. The molecule has 1 N–H and O–H groups in total. The van der Waals surface area contributed by atoms with Crippen LogP contribution in [0.2, 0.25) is 10.0 Å². The molecule has 0 aliphatic heterocycles. The van der Waals surface area contributed by atoms with E-state index < -0.39 is 27.8 Å². The number of carbonyl (C=O) groups is 1. The number of hydrogen-bond acceptors (Lipinski definition) is 3. The maximum Gasteiger partial charge on any atom is 0.248 e. The molecular weight excluding hydrogens is 402 g/mol. The van der Waals surface area contributed by atoms with Crippen LogP contribution >= 0.6 is 23.2 Å². The lowest BCUT2D eigenvalue weighted by atomic mass is 10.1. The Morgan fingerprint density at radius 1 is 1.19 bits per heavy atom. The molecule has 0 saturated heterocycles. The zero-order valence-corrected chi connectivity index (χ0v) is 16.4. The van der Waals surface area contributed by atoms with Crippen LogP contribution in [0.25, 0.3) is 0 Å². The van der Waals surface area contributed by atoms with Crippen molar-refractivity contribution in [1.29, 1.82) is 0 Å². The first-order valence-electron chi connectivity index (χ1n) is 7.65. The second-order valence-electron chi connectivity index (χ2n) is 5.55. The van der Waals surface area contributed by atoms with Crippen molar-refractivity contribution in [3.05, 3.63) is 58.3 Å². The molecule has 0 aliphatic rings. The van der Waals surface area contributed by atoms with E-state index in [1.54, 1.807) is 31.2 Å². The quantitative estimate of drug-likeness (QED) is 0.759. The molecule has 9 heteroatoms. The molecule has 140 valence electrons. The third-order valence-corrected chi connectivity index (χ3v) is 5.42. The van der Waals surface area contributed by atoms with Crippen molar-refractivity contribution in [3.63, 3.8) is 0 Å². The Bertz CT molecular complexity index is 922. The van der Waals surface area contributed by atoms with E-state index in [9.17, 15) is 17.6 Å². The first kappa shape index (κ1) is 20.5. The number of nitrogens with zero attached hydrogens (tertiary/aromatic N) is 1.